The first kappa shape index (κ1) is 14.8. The van der Waals surface area contributed by atoms with E-state index >= 15 is 0 Å². The summed E-state index contributed by atoms with van der Waals surface area (Å²) in [6, 6.07) is 5.26. The molecule has 0 spiro atoms. The lowest BCUT2D eigenvalue weighted by atomic mass is 10.1. The second kappa shape index (κ2) is 5.59. The number of nitrogens with zero attached hydrogens (tertiary/aromatic N) is 1. The van der Waals surface area contributed by atoms with Gasteiger partial charge in [0.2, 0.25) is 0 Å². The molecule has 7 heteroatoms. The van der Waals surface area contributed by atoms with E-state index in [-0.39, 0.29) is 15.6 Å². The molecule has 110 valence electrons. The maximum absolute atomic E-state index is 12.5. The minimum Gasteiger partial charge on any atom is -0.276 e. The third-order valence-electron chi connectivity index (χ3n) is 3.46. The minimum absolute atomic E-state index is 0.249. The molecule has 1 aliphatic carbocycles. The molecule has 0 unspecified atom stereocenters. The van der Waals surface area contributed by atoms with Crippen molar-refractivity contribution in [1.29, 1.82) is 0 Å². The summed E-state index contributed by atoms with van der Waals surface area (Å²) in [5.41, 5.74) is 2.60. The summed E-state index contributed by atoms with van der Waals surface area (Å²) in [6.45, 7) is 0. The Balaban J connectivity index is 1.96. The van der Waals surface area contributed by atoms with Crippen molar-refractivity contribution in [3.63, 3.8) is 0 Å². The molecule has 1 heterocycles. The molecule has 1 N–H and O–H groups in total. The SMILES string of the molecule is O=S(=O)(Nc1cncc(Br)c1Cl)c1ccc2c(c1)CCC2. The van der Waals surface area contributed by atoms with E-state index in [1.54, 1.807) is 12.1 Å². The fourth-order valence-electron chi connectivity index (χ4n) is 2.41. The van der Waals surface area contributed by atoms with E-state index in [0.29, 0.717) is 4.47 Å². The molecule has 21 heavy (non-hydrogen) atoms. The van der Waals surface area contributed by atoms with Crippen LogP contribution in [0.15, 0.2) is 40.0 Å². The van der Waals surface area contributed by atoms with Gasteiger partial charge in [-0.15, -0.1) is 0 Å². The molecule has 4 nitrogen and oxygen atoms in total. The van der Waals surface area contributed by atoms with Crippen molar-refractivity contribution < 1.29 is 8.42 Å². The number of pyridine rings is 1. The van der Waals surface area contributed by atoms with Crippen molar-refractivity contribution in [2.24, 2.45) is 0 Å². The van der Waals surface area contributed by atoms with Gasteiger partial charge < -0.3 is 0 Å². The van der Waals surface area contributed by atoms with Crippen LogP contribution >= 0.6 is 27.5 Å². The van der Waals surface area contributed by atoms with Crippen molar-refractivity contribution in [2.75, 3.05) is 4.72 Å². The van der Waals surface area contributed by atoms with E-state index in [4.69, 9.17) is 11.6 Å². The van der Waals surface area contributed by atoms with Crippen LogP contribution in [0.2, 0.25) is 5.02 Å². The van der Waals surface area contributed by atoms with Gasteiger partial charge in [-0.25, -0.2) is 8.42 Å². The third-order valence-corrected chi connectivity index (χ3v) is 6.06. The van der Waals surface area contributed by atoms with Crippen molar-refractivity contribution in [1.82, 2.24) is 4.98 Å². The van der Waals surface area contributed by atoms with Gasteiger partial charge in [0.15, 0.2) is 0 Å². The highest BCUT2D eigenvalue weighted by atomic mass is 79.9. The van der Waals surface area contributed by atoms with Crippen molar-refractivity contribution in [3.05, 3.63) is 51.2 Å². The van der Waals surface area contributed by atoms with Crippen LogP contribution < -0.4 is 4.72 Å². The smallest absolute Gasteiger partial charge is 0.262 e. The van der Waals surface area contributed by atoms with E-state index in [9.17, 15) is 8.42 Å². The molecular weight excluding hydrogens is 376 g/mol. The summed E-state index contributed by atoms with van der Waals surface area (Å²) < 4.78 is 27.9. The monoisotopic (exact) mass is 386 g/mol. The molecule has 0 radical (unpaired) electrons. The van der Waals surface area contributed by atoms with Crippen LogP contribution in [0.25, 0.3) is 0 Å². The normalized spacial score (nSPS) is 14.0. The van der Waals surface area contributed by atoms with E-state index in [0.717, 1.165) is 24.8 Å². The number of fused-ring (bicyclic) bond motifs is 1. The lowest BCUT2D eigenvalue weighted by molar-refractivity contribution is 0.601. The predicted molar refractivity (Wildman–Crippen MR) is 86.2 cm³/mol. The zero-order valence-corrected chi connectivity index (χ0v) is 14.1. The van der Waals surface area contributed by atoms with Crippen LogP contribution in [-0.4, -0.2) is 13.4 Å². The van der Waals surface area contributed by atoms with Crippen molar-refractivity contribution >= 4 is 43.2 Å². The summed E-state index contributed by atoms with van der Waals surface area (Å²) in [5, 5.41) is 0.287. The van der Waals surface area contributed by atoms with Gasteiger partial charge in [-0.1, -0.05) is 17.7 Å². The molecule has 0 atom stereocenters. The molecule has 1 aliphatic rings. The Morgan fingerprint density at radius 3 is 2.76 bits per heavy atom. The zero-order valence-electron chi connectivity index (χ0n) is 10.9. The van der Waals surface area contributed by atoms with Crippen molar-refractivity contribution in [2.45, 2.75) is 24.2 Å². The van der Waals surface area contributed by atoms with Gasteiger partial charge in [0, 0.05) is 6.20 Å². The Morgan fingerprint density at radius 2 is 1.95 bits per heavy atom. The molecule has 2 aromatic rings. The first-order chi connectivity index (χ1) is 9.97. The van der Waals surface area contributed by atoms with Crippen LogP contribution in [0.4, 0.5) is 5.69 Å². The van der Waals surface area contributed by atoms with Gasteiger partial charge in [0.1, 0.15) is 0 Å². The quantitative estimate of drug-likeness (QED) is 0.872. The van der Waals surface area contributed by atoms with Gasteiger partial charge in [0.05, 0.1) is 26.3 Å². The van der Waals surface area contributed by atoms with Crippen LogP contribution in [0.1, 0.15) is 17.5 Å². The van der Waals surface area contributed by atoms with Crippen LogP contribution in [-0.2, 0) is 22.9 Å². The van der Waals surface area contributed by atoms with E-state index in [2.05, 4.69) is 25.6 Å². The number of hydrogen-bond acceptors (Lipinski definition) is 3. The largest absolute Gasteiger partial charge is 0.276 e. The molecule has 0 saturated carbocycles. The minimum atomic E-state index is -3.67. The van der Waals surface area contributed by atoms with E-state index in [1.807, 2.05) is 6.07 Å². The molecule has 3 rings (SSSR count). The molecule has 0 fully saturated rings. The Kier molecular flexibility index (Phi) is 3.94. The fourth-order valence-corrected chi connectivity index (χ4v) is 4.05. The number of anilines is 1. The summed E-state index contributed by atoms with van der Waals surface area (Å²) >= 11 is 9.29. The summed E-state index contributed by atoms with van der Waals surface area (Å²) in [5.74, 6) is 0. The van der Waals surface area contributed by atoms with Crippen molar-refractivity contribution in [3.8, 4) is 0 Å². The number of halogens is 2. The summed E-state index contributed by atoms with van der Waals surface area (Å²) in [4.78, 5) is 4.17. The maximum Gasteiger partial charge on any atom is 0.262 e. The highest BCUT2D eigenvalue weighted by molar-refractivity contribution is 9.10. The number of aryl methyl sites for hydroxylation is 2. The molecule has 0 aliphatic heterocycles. The predicted octanol–water partition coefficient (Wildman–Crippen LogP) is 3.79. The first-order valence-electron chi connectivity index (χ1n) is 6.41. The van der Waals surface area contributed by atoms with Gasteiger partial charge in [-0.05, 0) is 58.5 Å². The van der Waals surface area contributed by atoms with Crippen LogP contribution in [0.3, 0.4) is 0 Å². The number of rotatable bonds is 3. The Hall–Kier alpha value is -1.11. The molecule has 0 saturated heterocycles. The van der Waals surface area contributed by atoms with Gasteiger partial charge in [-0.2, -0.15) is 0 Å². The number of sulfonamides is 1. The molecule has 1 aromatic heterocycles. The second-order valence-electron chi connectivity index (χ2n) is 4.87. The number of benzene rings is 1. The topological polar surface area (TPSA) is 59.1 Å². The highest BCUT2D eigenvalue weighted by Crippen LogP contribution is 2.31. The lowest BCUT2D eigenvalue weighted by Gasteiger charge is -2.11. The van der Waals surface area contributed by atoms with Gasteiger partial charge in [0.25, 0.3) is 10.0 Å². The third kappa shape index (κ3) is 2.93. The van der Waals surface area contributed by atoms with E-state index in [1.165, 1.54) is 18.0 Å². The maximum atomic E-state index is 12.5. The van der Waals surface area contributed by atoms with Gasteiger partial charge >= 0.3 is 0 Å². The average Bonchev–Trinajstić information content (AvgIpc) is 2.91. The zero-order chi connectivity index (χ0) is 15.0. The molecule has 0 bridgehead atoms. The Bertz CT molecular complexity index is 809. The molecule has 1 aromatic carbocycles. The Labute approximate surface area is 136 Å². The van der Waals surface area contributed by atoms with Crippen LogP contribution in [0, 0.1) is 0 Å². The lowest BCUT2D eigenvalue weighted by Crippen LogP contribution is -2.14. The number of nitrogens with one attached hydrogen (secondary N) is 1. The summed E-state index contributed by atoms with van der Waals surface area (Å²) in [7, 11) is -3.67. The fraction of sp³-hybridized carbons (Fsp3) is 0.214. The van der Waals surface area contributed by atoms with Gasteiger partial charge in [-0.3, -0.25) is 9.71 Å². The summed E-state index contributed by atoms with van der Waals surface area (Å²) in [6.07, 6.45) is 5.92. The second-order valence-corrected chi connectivity index (χ2v) is 7.79. The standard InChI is InChI=1S/C14H12BrClN2O2S/c15-12-7-17-8-13(14(12)16)18-21(19,20)11-5-4-9-2-1-3-10(9)6-11/h4-8,18H,1-3H2. The highest BCUT2D eigenvalue weighted by Gasteiger charge is 2.20. The molecular formula is C14H12BrClN2O2S. The number of aromatic nitrogens is 1. The number of hydrogen-bond donors (Lipinski definition) is 1. The van der Waals surface area contributed by atoms with E-state index < -0.39 is 10.0 Å². The average molecular weight is 388 g/mol. The first-order valence-corrected chi connectivity index (χ1v) is 9.06. The Morgan fingerprint density at radius 1 is 1.19 bits per heavy atom. The van der Waals surface area contributed by atoms with Crippen LogP contribution in [0.5, 0.6) is 0 Å². The molecule has 0 amide bonds.